The monoisotopic (exact) mass is 472 g/mol. The number of rotatable bonds is 8. The lowest BCUT2D eigenvalue weighted by molar-refractivity contribution is -0.169. The second-order valence-corrected chi connectivity index (χ2v) is 8.77. The molecule has 0 saturated carbocycles. The number of phenols is 3. The topological polar surface area (TPSA) is 143 Å². The number of aryl methyl sites for hydroxylation is 1. The highest BCUT2D eigenvalue weighted by atomic mass is 16.6. The molecule has 1 aliphatic heterocycles. The molecule has 4 N–H and O–H groups in total. The largest absolute Gasteiger partial charge is 0.508 e. The summed E-state index contributed by atoms with van der Waals surface area (Å²) in [5, 5.41) is 40.1. The average Bonchev–Trinajstić information content (AvgIpc) is 3.06. The molecule has 34 heavy (non-hydrogen) atoms. The number of aromatic hydroxyl groups is 3. The summed E-state index contributed by atoms with van der Waals surface area (Å²) in [6.07, 6.45) is 0.587. The first kappa shape index (κ1) is 24.9. The Morgan fingerprint density at radius 1 is 1.03 bits per heavy atom. The van der Waals surface area contributed by atoms with Gasteiger partial charge in [-0.25, -0.2) is 9.59 Å². The van der Waals surface area contributed by atoms with Crippen molar-refractivity contribution in [1.82, 2.24) is 0 Å². The first-order valence-electron chi connectivity index (χ1n) is 10.6. The number of esters is 2. The standard InChI is InChI=1S/C25H28O9/c1-24(2,31)10-9-15-11-14(5-7-17(15)26)13-25(23(30)33-4)20(21(32-3)22(29)34-25)16-6-8-18(27)19(28)12-16/h5-8,11-12,26-28,31H,9-10,13H2,1-4H3/t25-/m1/s1. The number of benzene rings is 2. The smallest absolute Gasteiger partial charge is 0.375 e. The van der Waals surface area contributed by atoms with E-state index in [1.54, 1.807) is 26.0 Å². The van der Waals surface area contributed by atoms with Gasteiger partial charge in [-0.05, 0) is 61.6 Å². The molecule has 1 heterocycles. The van der Waals surface area contributed by atoms with E-state index >= 15 is 0 Å². The Labute approximate surface area is 196 Å². The van der Waals surface area contributed by atoms with Gasteiger partial charge >= 0.3 is 11.9 Å². The molecule has 2 aromatic rings. The lowest BCUT2D eigenvalue weighted by atomic mass is 9.82. The minimum Gasteiger partial charge on any atom is -0.508 e. The molecule has 0 saturated heterocycles. The molecule has 0 bridgehead atoms. The van der Waals surface area contributed by atoms with Crippen LogP contribution in [-0.2, 0) is 36.6 Å². The number of carbonyl (C=O) groups is 2. The van der Waals surface area contributed by atoms with E-state index in [0.29, 0.717) is 24.0 Å². The molecule has 2 aromatic carbocycles. The second-order valence-electron chi connectivity index (χ2n) is 8.77. The van der Waals surface area contributed by atoms with E-state index in [4.69, 9.17) is 14.2 Å². The van der Waals surface area contributed by atoms with Crippen molar-refractivity contribution in [2.75, 3.05) is 14.2 Å². The molecule has 9 nitrogen and oxygen atoms in total. The van der Waals surface area contributed by atoms with E-state index in [-0.39, 0.29) is 34.8 Å². The summed E-state index contributed by atoms with van der Waals surface area (Å²) in [5.74, 6) is -2.82. The SMILES string of the molecule is COC(=O)[C@]1(Cc2ccc(O)c(CCC(C)(C)O)c2)OC(=O)C(OC)=C1c1ccc(O)c(O)c1. The highest BCUT2D eigenvalue weighted by Gasteiger charge is 2.56. The van der Waals surface area contributed by atoms with Crippen molar-refractivity contribution in [3.05, 3.63) is 58.8 Å². The molecule has 182 valence electrons. The zero-order valence-corrected chi connectivity index (χ0v) is 19.4. The van der Waals surface area contributed by atoms with Gasteiger partial charge in [-0.15, -0.1) is 0 Å². The van der Waals surface area contributed by atoms with Crippen molar-refractivity contribution < 1.29 is 44.2 Å². The van der Waals surface area contributed by atoms with Crippen molar-refractivity contribution in [3.63, 3.8) is 0 Å². The van der Waals surface area contributed by atoms with Crippen LogP contribution in [0.4, 0.5) is 0 Å². The third kappa shape index (κ3) is 4.79. The molecule has 0 spiro atoms. The van der Waals surface area contributed by atoms with Crippen LogP contribution in [0.3, 0.4) is 0 Å². The van der Waals surface area contributed by atoms with Crippen LogP contribution in [-0.4, -0.2) is 57.8 Å². The number of aliphatic hydroxyl groups is 1. The normalized spacial score (nSPS) is 18.1. The van der Waals surface area contributed by atoms with Gasteiger partial charge in [0.15, 0.2) is 11.5 Å². The lowest BCUT2D eigenvalue weighted by Gasteiger charge is -2.28. The Morgan fingerprint density at radius 2 is 1.71 bits per heavy atom. The Hall–Kier alpha value is -3.72. The molecular weight excluding hydrogens is 444 g/mol. The molecule has 0 radical (unpaired) electrons. The summed E-state index contributed by atoms with van der Waals surface area (Å²) in [4.78, 5) is 25.8. The van der Waals surface area contributed by atoms with E-state index in [9.17, 15) is 30.0 Å². The van der Waals surface area contributed by atoms with E-state index in [1.807, 2.05) is 0 Å². The number of hydrogen-bond acceptors (Lipinski definition) is 9. The third-order valence-electron chi connectivity index (χ3n) is 5.67. The summed E-state index contributed by atoms with van der Waals surface area (Å²) in [6, 6.07) is 8.52. The molecule has 3 rings (SSSR count). The van der Waals surface area contributed by atoms with E-state index in [1.165, 1.54) is 31.4 Å². The lowest BCUT2D eigenvalue weighted by Crippen LogP contribution is -2.44. The maximum Gasteiger partial charge on any atom is 0.375 e. The molecule has 0 fully saturated rings. The predicted octanol–water partition coefficient (Wildman–Crippen LogP) is 2.58. The van der Waals surface area contributed by atoms with Crippen molar-refractivity contribution in [1.29, 1.82) is 0 Å². The van der Waals surface area contributed by atoms with Crippen LogP contribution >= 0.6 is 0 Å². The zero-order valence-electron chi connectivity index (χ0n) is 19.4. The maximum atomic E-state index is 13.1. The minimum absolute atomic E-state index is 0.0281. The van der Waals surface area contributed by atoms with Gasteiger partial charge in [0.2, 0.25) is 11.4 Å². The summed E-state index contributed by atoms with van der Waals surface area (Å²) in [6.45, 7) is 3.32. The number of cyclic esters (lactones) is 1. The van der Waals surface area contributed by atoms with Gasteiger partial charge in [-0.3, -0.25) is 0 Å². The Balaban J connectivity index is 2.13. The summed E-state index contributed by atoms with van der Waals surface area (Å²) in [5.41, 5.74) is -1.56. The Kier molecular flexibility index (Phi) is 6.79. The Bertz CT molecular complexity index is 1140. The van der Waals surface area contributed by atoms with Gasteiger partial charge in [-0.1, -0.05) is 18.2 Å². The number of methoxy groups -OCH3 is 2. The molecule has 9 heteroatoms. The van der Waals surface area contributed by atoms with Crippen LogP contribution in [0, 0.1) is 0 Å². The van der Waals surface area contributed by atoms with Gasteiger partial charge in [0.05, 0.1) is 25.4 Å². The fourth-order valence-corrected chi connectivity index (χ4v) is 3.95. The molecular formula is C25H28O9. The van der Waals surface area contributed by atoms with Crippen LogP contribution in [0.5, 0.6) is 17.2 Å². The maximum absolute atomic E-state index is 13.1. The Morgan fingerprint density at radius 3 is 2.29 bits per heavy atom. The van der Waals surface area contributed by atoms with Crippen LogP contribution in [0.1, 0.15) is 37.0 Å². The van der Waals surface area contributed by atoms with E-state index in [2.05, 4.69) is 0 Å². The molecule has 0 unspecified atom stereocenters. The first-order valence-corrected chi connectivity index (χ1v) is 10.6. The van der Waals surface area contributed by atoms with E-state index < -0.39 is 28.9 Å². The van der Waals surface area contributed by atoms with Gasteiger partial charge < -0.3 is 34.6 Å². The highest BCUT2D eigenvalue weighted by Crippen LogP contribution is 2.45. The third-order valence-corrected chi connectivity index (χ3v) is 5.67. The van der Waals surface area contributed by atoms with Crippen molar-refractivity contribution in [3.8, 4) is 17.2 Å². The fraction of sp³-hybridized carbons (Fsp3) is 0.360. The highest BCUT2D eigenvalue weighted by molar-refractivity contribution is 6.11. The second kappa shape index (κ2) is 9.26. The van der Waals surface area contributed by atoms with E-state index in [0.717, 1.165) is 7.11 Å². The molecule has 0 amide bonds. The van der Waals surface area contributed by atoms with Crippen LogP contribution < -0.4 is 0 Å². The van der Waals surface area contributed by atoms with Crippen molar-refractivity contribution in [2.24, 2.45) is 0 Å². The average molecular weight is 472 g/mol. The predicted molar refractivity (Wildman–Crippen MR) is 121 cm³/mol. The molecule has 0 aromatic heterocycles. The van der Waals surface area contributed by atoms with Gasteiger partial charge in [0.25, 0.3) is 0 Å². The fourth-order valence-electron chi connectivity index (χ4n) is 3.95. The number of ether oxygens (including phenoxy) is 3. The number of phenolic OH excluding ortho intramolecular Hbond substituents is 3. The quantitative estimate of drug-likeness (QED) is 0.337. The van der Waals surface area contributed by atoms with Crippen LogP contribution in [0.25, 0.3) is 5.57 Å². The van der Waals surface area contributed by atoms with Gasteiger partial charge in [0, 0.05) is 6.42 Å². The minimum atomic E-state index is -1.95. The van der Waals surface area contributed by atoms with Crippen LogP contribution in [0.2, 0.25) is 0 Å². The summed E-state index contributed by atoms with van der Waals surface area (Å²) < 4.78 is 15.8. The molecule has 1 atom stereocenters. The first-order chi connectivity index (χ1) is 15.9. The van der Waals surface area contributed by atoms with Gasteiger partial charge in [-0.2, -0.15) is 0 Å². The summed E-state index contributed by atoms with van der Waals surface area (Å²) in [7, 11) is 2.40. The number of carbonyl (C=O) groups excluding carboxylic acids is 2. The van der Waals surface area contributed by atoms with Crippen LogP contribution in [0.15, 0.2) is 42.2 Å². The van der Waals surface area contributed by atoms with Gasteiger partial charge in [0.1, 0.15) is 5.75 Å². The molecule has 0 aliphatic carbocycles. The van der Waals surface area contributed by atoms with Crippen molar-refractivity contribution >= 4 is 17.5 Å². The van der Waals surface area contributed by atoms with Crippen molar-refractivity contribution in [2.45, 2.75) is 44.3 Å². The molecule has 1 aliphatic rings. The number of hydrogen-bond donors (Lipinski definition) is 4. The summed E-state index contributed by atoms with van der Waals surface area (Å²) >= 11 is 0. The zero-order chi connectivity index (χ0) is 25.3.